The molecule has 0 aliphatic carbocycles. The summed E-state index contributed by atoms with van der Waals surface area (Å²) in [5, 5.41) is 4.98. The van der Waals surface area contributed by atoms with Gasteiger partial charge in [-0.1, -0.05) is 22.0 Å². The summed E-state index contributed by atoms with van der Waals surface area (Å²) in [5.41, 5.74) is 0. The molecule has 0 aliphatic heterocycles. The van der Waals surface area contributed by atoms with Gasteiger partial charge in [0.1, 0.15) is 5.82 Å². The van der Waals surface area contributed by atoms with Gasteiger partial charge >= 0.3 is 0 Å². The summed E-state index contributed by atoms with van der Waals surface area (Å²) in [6.45, 7) is 0. The number of anilines is 1. The maximum Gasteiger partial charge on any atom is 0.263 e. The highest BCUT2D eigenvalue weighted by molar-refractivity contribution is 9.10. The van der Waals surface area contributed by atoms with Crippen molar-refractivity contribution in [3.8, 4) is 0 Å². The lowest BCUT2D eigenvalue weighted by atomic mass is 10.4. The molecule has 1 heterocycles. The number of halogens is 1. The highest BCUT2D eigenvalue weighted by Crippen LogP contribution is 2.19. The van der Waals surface area contributed by atoms with Crippen LogP contribution in [-0.2, 0) is 20.0 Å². The van der Waals surface area contributed by atoms with Crippen LogP contribution in [-0.4, -0.2) is 21.8 Å². The molecule has 0 aliphatic rings. The van der Waals surface area contributed by atoms with Gasteiger partial charge in [-0.15, -0.1) is 0 Å². The van der Waals surface area contributed by atoms with Crippen molar-refractivity contribution in [2.24, 2.45) is 5.14 Å². The van der Waals surface area contributed by atoms with Crippen LogP contribution in [0.4, 0.5) is 5.82 Å². The average Bonchev–Trinajstić information content (AvgIpc) is 2.37. The summed E-state index contributed by atoms with van der Waals surface area (Å²) < 4.78 is 49.8. The second-order valence-corrected chi connectivity index (χ2v) is 8.14. The van der Waals surface area contributed by atoms with Crippen LogP contribution in [0.2, 0.25) is 0 Å². The van der Waals surface area contributed by atoms with Crippen LogP contribution >= 0.6 is 15.9 Å². The molecule has 0 radical (unpaired) electrons. The lowest BCUT2D eigenvalue weighted by Gasteiger charge is -2.08. The number of rotatable bonds is 4. The number of aromatic nitrogens is 1. The first kappa shape index (κ1) is 15.9. The second kappa shape index (κ2) is 5.72. The van der Waals surface area contributed by atoms with Crippen molar-refractivity contribution in [2.45, 2.75) is 9.79 Å². The zero-order chi connectivity index (χ0) is 15.7. The number of hydrogen-bond donors (Lipinski definition) is 2. The summed E-state index contributed by atoms with van der Waals surface area (Å²) in [5.74, 6) is 0.102. The number of pyridine rings is 1. The number of benzene rings is 1. The van der Waals surface area contributed by atoms with Gasteiger partial charge < -0.3 is 0 Å². The summed E-state index contributed by atoms with van der Waals surface area (Å²) in [6.07, 6.45) is 1.42. The molecule has 0 atom stereocenters. The van der Waals surface area contributed by atoms with Crippen molar-refractivity contribution >= 4 is 41.8 Å². The Balaban J connectivity index is 2.41. The van der Waals surface area contributed by atoms with Crippen molar-refractivity contribution < 1.29 is 16.8 Å². The molecule has 2 rings (SSSR count). The third kappa shape index (κ3) is 4.00. The highest BCUT2D eigenvalue weighted by Gasteiger charge is 2.18. The second-order valence-electron chi connectivity index (χ2n) is 3.98. The Morgan fingerprint density at radius 1 is 1.05 bits per heavy atom. The van der Waals surface area contributed by atoms with Gasteiger partial charge in [0.25, 0.3) is 10.0 Å². The maximum atomic E-state index is 12.2. The van der Waals surface area contributed by atoms with Gasteiger partial charge in [-0.05, 0) is 30.3 Å². The molecule has 10 heteroatoms. The van der Waals surface area contributed by atoms with Crippen molar-refractivity contribution in [1.82, 2.24) is 4.98 Å². The minimum atomic E-state index is -3.98. The van der Waals surface area contributed by atoms with Crippen LogP contribution in [0.3, 0.4) is 0 Å². The third-order valence-corrected chi connectivity index (χ3v) is 5.16. The first-order valence-electron chi connectivity index (χ1n) is 5.46. The molecule has 112 valence electrons. The van der Waals surface area contributed by atoms with Crippen LogP contribution in [0, 0.1) is 0 Å². The van der Waals surface area contributed by atoms with Gasteiger partial charge in [0.2, 0.25) is 10.0 Å². The molecule has 0 fully saturated rings. The van der Waals surface area contributed by atoms with Gasteiger partial charge in [-0.3, -0.25) is 4.72 Å². The fourth-order valence-electron chi connectivity index (χ4n) is 1.48. The molecule has 1 aromatic carbocycles. The Bertz CT molecular complexity index is 882. The van der Waals surface area contributed by atoms with E-state index in [9.17, 15) is 16.8 Å². The predicted octanol–water partition coefficient (Wildman–Crippen LogP) is 1.29. The van der Waals surface area contributed by atoms with Crippen molar-refractivity contribution in [3.05, 3.63) is 47.1 Å². The number of sulfonamides is 2. The van der Waals surface area contributed by atoms with E-state index in [0.717, 1.165) is 6.07 Å². The van der Waals surface area contributed by atoms with E-state index in [1.54, 1.807) is 6.07 Å². The molecule has 21 heavy (non-hydrogen) atoms. The van der Waals surface area contributed by atoms with Crippen LogP contribution in [0.15, 0.2) is 56.9 Å². The Hall–Kier alpha value is -1.49. The standard InChI is InChI=1S/C11H10BrN3O4S2/c12-8-4-5-14-11(6-8)15-21(18,19)10-3-1-2-9(7-10)20(13,16)17/h1-7H,(H,14,15)(H2,13,16,17). The largest absolute Gasteiger partial charge is 0.263 e. The molecule has 0 saturated heterocycles. The molecule has 7 nitrogen and oxygen atoms in total. The molecule has 3 N–H and O–H groups in total. The van der Waals surface area contributed by atoms with Gasteiger partial charge in [-0.2, -0.15) is 0 Å². The van der Waals surface area contributed by atoms with Gasteiger partial charge in [-0.25, -0.2) is 27.0 Å². The number of nitrogens with two attached hydrogens (primary N) is 1. The smallest absolute Gasteiger partial charge is 0.263 e. The fourth-order valence-corrected chi connectivity index (χ4v) is 3.49. The summed E-state index contributed by atoms with van der Waals surface area (Å²) in [7, 11) is -7.95. The first-order chi connectivity index (χ1) is 9.68. The monoisotopic (exact) mass is 391 g/mol. The summed E-state index contributed by atoms with van der Waals surface area (Å²) in [4.78, 5) is 3.35. The number of hydrogen-bond acceptors (Lipinski definition) is 5. The molecule has 0 bridgehead atoms. The first-order valence-corrected chi connectivity index (χ1v) is 9.28. The molecule has 0 saturated carbocycles. The summed E-state index contributed by atoms with van der Waals surface area (Å²) >= 11 is 3.19. The predicted molar refractivity (Wildman–Crippen MR) is 80.6 cm³/mol. The van der Waals surface area contributed by atoms with E-state index in [1.807, 2.05) is 0 Å². The zero-order valence-corrected chi connectivity index (χ0v) is 13.6. The Morgan fingerprint density at radius 2 is 1.71 bits per heavy atom. The van der Waals surface area contributed by atoms with Crippen LogP contribution < -0.4 is 9.86 Å². The van der Waals surface area contributed by atoms with Crippen molar-refractivity contribution in [3.63, 3.8) is 0 Å². The lowest BCUT2D eigenvalue weighted by Crippen LogP contribution is -2.16. The normalized spacial score (nSPS) is 12.1. The van der Waals surface area contributed by atoms with E-state index in [0.29, 0.717) is 4.47 Å². The summed E-state index contributed by atoms with van der Waals surface area (Å²) in [6, 6.07) is 7.86. The maximum absolute atomic E-state index is 12.2. The van der Waals surface area contributed by atoms with Crippen LogP contribution in [0.25, 0.3) is 0 Å². The van der Waals surface area contributed by atoms with E-state index < -0.39 is 20.0 Å². The van der Waals surface area contributed by atoms with E-state index >= 15 is 0 Å². The van der Waals surface area contributed by atoms with E-state index in [-0.39, 0.29) is 15.6 Å². The van der Waals surface area contributed by atoms with Gasteiger partial charge in [0.05, 0.1) is 9.79 Å². The molecule has 2 aromatic rings. The minimum Gasteiger partial charge on any atom is -0.263 e. The number of nitrogens with zero attached hydrogens (tertiary/aromatic N) is 1. The number of primary sulfonamides is 1. The zero-order valence-electron chi connectivity index (χ0n) is 10.4. The number of nitrogens with one attached hydrogen (secondary N) is 1. The third-order valence-electron chi connectivity index (χ3n) is 2.41. The molecular weight excluding hydrogens is 382 g/mol. The highest BCUT2D eigenvalue weighted by atomic mass is 79.9. The quantitative estimate of drug-likeness (QED) is 0.813. The Morgan fingerprint density at radius 3 is 2.33 bits per heavy atom. The van der Waals surface area contributed by atoms with E-state index in [1.165, 1.54) is 30.5 Å². The molecule has 0 unspecified atom stereocenters. The van der Waals surface area contributed by atoms with Gasteiger partial charge in [0.15, 0.2) is 0 Å². The van der Waals surface area contributed by atoms with Gasteiger partial charge in [0, 0.05) is 10.7 Å². The average molecular weight is 392 g/mol. The molecule has 0 amide bonds. The minimum absolute atomic E-state index is 0.102. The molecular formula is C11H10BrN3O4S2. The molecule has 1 aromatic heterocycles. The lowest BCUT2D eigenvalue weighted by molar-refractivity contribution is 0.597. The molecule has 0 spiro atoms. The Kier molecular flexibility index (Phi) is 4.33. The topological polar surface area (TPSA) is 119 Å². The van der Waals surface area contributed by atoms with Crippen molar-refractivity contribution in [1.29, 1.82) is 0 Å². The van der Waals surface area contributed by atoms with Crippen LogP contribution in [0.1, 0.15) is 0 Å². The van der Waals surface area contributed by atoms with E-state index in [4.69, 9.17) is 5.14 Å². The van der Waals surface area contributed by atoms with Crippen LogP contribution in [0.5, 0.6) is 0 Å². The fraction of sp³-hybridized carbons (Fsp3) is 0. The Labute approximate surface area is 130 Å². The SMILES string of the molecule is NS(=O)(=O)c1cccc(S(=O)(=O)Nc2cc(Br)ccn2)c1. The van der Waals surface area contributed by atoms with E-state index in [2.05, 4.69) is 25.6 Å². The van der Waals surface area contributed by atoms with Crippen molar-refractivity contribution in [2.75, 3.05) is 4.72 Å².